The Kier molecular flexibility index (Phi) is 4.78. The van der Waals surface area contributed by atoms with Crippen molar-refractivity contribution in [1.82, 2.24) is 19.3 Å². The molecule has 8 heteroatoms. The average Bonchev–Trinajstić information content (AvgIpc) is 3.45. The molecule has 5 rings (SSSR count). The first-order valence-corrected chi connectivity index (χ1v) is 11.5. The van der Waals surface area contributed by atoms with E-state index >= 15 is 0 Å². The van der Waals surface area contributed by atoms with Crippen LogP contribution < -0.4 is 4.90 Å². The number of aromatic nitrogens is 4. The maximum Gasteiger partial charge on any atom is 0.415 e. The molecule has 1 aliphatic heterocycles. The number of anilines is 1. The quantitative estimate of drug-likeness (QED) is 0.575. The number of fused-ring (bicyclic) bond motifs is 1. The van der Waals surface area contributed by atoms with Crippen molar-refractivity contribution in [2.75, 3.05) is 11.4 Å². The molecule has 1 aromatic carbocycles. The molecular formula is C25H30N6O2. The lowest BCUT2D eigenvalue weighted by Gasteiger charge is -2.43. The third-order valence-electron chi connectivity index (χ3n) is 7.00. The molecule has 0 bridgehead atoms. The highest BCUT2D eigenvalue weighted by Gasteiger charge is 2.52. The van der Waals surface area contributed by atoms with Crippen molar-refractivity contribution in [1.29, 1.82) is 5.26 Å². The number of benzene rings is 1. The van der Waals surface area contributed by atoms with Gasteiger partial charge in [0.15, 0.2) is 0 Å². The SMILES string of the molecule is CC(C)(C)n1cc(N2C[C@@]3(CCC[C@](C)(Cn4cnc5ccc(C#N)cc54)C3)OC2=O)cn1. The first-order valence-electron chi connectivity index (χ1n) is 11.5. The van der Waals surface area contributed by atoms with Gasteiger partial charge in [0.25, 0.3) is 0 Å². The van der Waals surface area contributed by atoms with Crippen molar-refractivity contribution in [3.05, 3.63) is 42.5 Å². The Hall–Kier alpha value is -3.34. The molecule has 2 atom stereocenters. The highest BCUT2D eigenvalue weighted by molar-refractivity contribution is 5.90. The van der Waals surface area contributed by atoms with Gasteiger partial charge in [0, 0.05) is 12.7 Å². The predicted molar refractivity (Wildman–Crippen MR) is 125 cm³/mol. The summed E-state index contributed by atoms with van der Waals surface area (Å²) in [6.45, 7) is 9.82. The molecule has 1 aliphatic carbocycles. The van der Waals surface area contributed by atoms with Gasteiger partial charge in [-0.05, 0) is 70.1 Å². The fourth-order valence-corrected chi connectivity index (χ4v) is 5.45. The fraction of sp³-hybridized carbons (Fsp3) is 0.520. The number of nitriles is 1. The van der Waals surface area contributed by atoms with Crippen molar-refractivity contribution < 1.29 is 9.53 Å². The molecular weight excluding hydrogens is 416 g/mol. The molecule has 172 valence electrons. The maximum absolute atomic E-state index is 12.9. The van der Waals surface area contributed by atoms with Gasteiger partial charge in [0.2, 0.25) is 0 Å². The summed E-state index contributed by atoms with van der Waals surface area (Å²) >= 11 is 0. The lowest BCUT2D eigenvalue weighted by Crippen LogP contribution is -2.45. The van der Waals surface area contributed by atoms with Crippen LogP contribution in [-0.2, 0) is 16.8 Å². The molecule has 1 saturated carbocycles. The molecule has 0 radical (unpaired) electrons. The van der Waals surface area contributed by atoms with Gasteiger partial charge in [-0.15, -0.1) is 0 Å². The van der Waals surface area contributed by atoms with E-state index in [-0.39, 0.29) is 17.0 Å². The van der Waals surface area contributed by atoms with E-state index in [1.165, 1.54) is 0 Å². The third-order valence-corrected chi connectivity index (χ3v) is 7.00. The van der Waals surface area contributed by atoms with Crippen LogP contribution >= 0.6 is 0 Å². The summed E-state index contributed by atoms with van der Waals surface area (Å²) in [5.41, 5.74) is 2.56. The van der Waals surface area contributed by atoms with Crippen molar-refractivity contribution in [2.24, 2.45) is 5.41 Å². The van der Waals surface area contributed by atoms with Gasteiger partial charge in [-0.25, -0.2) is 9.78 Å². The summed E-state index contributed by atoms with van der Waals surface area (Å²) in [6, 6.07) is 7.80. The Morgan fingerprint density at radius 2 is 2.09 bits per heavy atom. The number of carbonyl (C=O) groups excluding carboxylic acids is 1. The van der Waals surface area contributed by atoms with Crippen molar-refractivity contribution in [3.63, 3.8) is 0 Å². The second-order valence-electron chi connectivity index (χ2n) is 11.0. The molecule has 2 aromatic heterocycles. The van der Waals surface area contributed by atoms with Crippen LogP contribution in [-0.4, -0.2) is 37.6 Å². The highest BCUT2D eigenvalue weighted by atomic mass is 16.6. The highest BCUT2D eigenvalue weighted by Crippen LogP contribution is 2.48. The number of amides is 1. The number of hydrogen-bond acceptors (Lipinski definition) is 5. The van der Waals surface area contributed by atoms with Gasteiger partial charge in [0.1, 0.15) is 5.60 Å². The number of hydrogen-bond donors (Lipinski definition) is 0. The van der Waals surface area contributed by atoms with Gasteiger partial charge in [-0.2, -0.15) is 10.4 Å². The summed E-state index contributed by atoms with van der Waals surface area (Å²) in [5.74, 6) is 0. The Bertz CT molecular complexity index is 1260. The second kappa shape index (κ2) is 7.34. The van der Waals surface area contributed by atoms with Crippen LogP contribution in [0.3, 0.4) is 0 Å². The van der Waals surface area contributed by atoms with E-state index in [1.54, 1.807) is 17.2 Å². The monoisotopic (exact) mass is 446 g/mol. The molecule has 0 N–H and O–H groups in total. The van der Waals surface area contributed by atoms with E-state index < -0.39 is 5.60 Å². The molecule has 3 aromatic rings. The van der Waals surface area contributed by atoms with E-state index in [4.69, 9.17) is 4.74 Å². The maximum atomic E-state index is 12.9. The molecule has 1 saturated heterocycles. The Labute approximate surface area is 193 Å². The van der Waals surface area contributed by atoms with E-state index in [1.807, 2.05) is 29.3 Å². The topological polar surface area (TPSA) is 89.0 Å². The molecule has 1 amide bonds. The Morgan fingerprint density at radius 3 is 2.82 bits per heavy atom. The summed E-state index contributed by atoms with van der Waals surface area (Å²) in [5, 5.41) is 13.7. The normalized spacial score (nSPS) is 25.5. The Balaban J connectivity index is 1.38. The molecule has 3 heterocycles. The number of carbonyl (C=O) groups is 1. The molecule has 8 nitrogen and oxygen atoms in total. The van der Waals surface area contributed by atoms with Crippen LogP contribution in [0.5, 0.6) is 0 Å². The van der Waals surface area contributed by atoms with E-state index in [9.17, 15) is 10.1 Å². The molecule has 2 fully saturated rings. The third kappa shape index (κ3) is 3.86. The van der Waals surface area contributed by atoms with Crippen LogP contribution in [0.4, 0.5) is 10.5 Å². The van der Waals surface area contributed by atoms with Crippen molar-refractivity contribution >= 4 is 22.8 Å². The van der Waals surface area contributed by atoms with E-state index in [2.05, 4.69) is 48.4 Å². The van der Waals surface area contributed by atoms with Crippen LogP contribution in [0.1, 0.15) is 58.9 Å². The average molecular weight is 447 g/mol. The minimum absolute atomic E-state index is 0.0551. The van der Waals surface area contributed by atoms with Gasteiger partial charge in [-0.3, -0.25) is 9.58 Å². The first-order chi connectivity index (χ1) is 15.6. The predicted octanol–water partition coefficient (Wildman–Crippen LogP) is 4.84. The Morgan fingerprint density at radius 1 is 1.27 bits per heavy atom. The molecule has 33 heavy (non-hydrogen) atoms. The van der Waals surface area contributed by atoms with Gasteiger partial charge >= 0.3 is 6.09 Å². The zero-order valence-corrected chi connectivity index (χ0v) is 19.7. The number of nitrogens with zero attached hydrogens (tertiary/aromatic N) is 6. The molecule has 2 aliphatic rings. The van der Waals surface area contributed by atoms with E-state index in [0.29, 0.717) is 12.1 Å². The van der Waals surface area contributed by atoms with Crippen LogP contribution in [0.25, 0.3) is 11.0 Å². The first kappa shape index (κ1) is 21.5. The summed E-state index contributed by atoms with van der Waals surface area (Å²) in [4.78, 5) is 19.1. The zero-order chi connectivity index (χ0) is 23.4. The minimum atomic E-state index is -0.498. The number of rotatable bonds is 3. The minimum Gasteiger partial charge on any atom is -0.441 e. The van der Waals surface area contributed by atoms with Crippen LogP contribution in [0, 0.1) is 16.7 Å². The smallest absolute Gasteiger partial charge is 0.415 e. The fourth-order valence-electron chi connectivity index (χ4n) is 5.45. The summed E-state index contributed by atoms with van der Waals surface area (Å²) in [7, 11) is 0. The van der Waals surface area contributed by atoms with Crippen molar-refractivity contribution in [3.8, 4) is 6.07 Å². The standard InChI is InChI=1S/C25H30N6O2/c1-23(2,3)31-13-19(12-28-31)30-16-25(33-22(30)32)9-5-8-24(4,14-25)15-29-17-27-20-7-6-18(11-26)10-21(20)29/h6-7,10,12-13,17H,5,8-9,14-16H2,1-4H3/t24-,25-/m0/s1. The van der Waals surface area contributed by atoms with Crippen LogP contribution in [0.15, 0.2) is 36.9 Å². The lowest BCUT2D eigenvalue weighted by atomic mass is 9.68. The number of imidazole rings is 1. The summed E-state index contributed by atoms with van der Waals surface area (Å²) < 4.78 is 10.1. The van der Waals surface area contributed by atoms with E-state index in [0.717, 1.165) is 48.9 Å². The molecule has 0 unspecified atom stereocenters. The van der Waals surface area contributed by atoms with Gasteiger partial charge < -0.3 is 9.30 Å². The largest absolute Gasteiger partial charge is 0.441 e. The lowest BCUT2D eigenvalue weighted by molar-refractivity contribution is -0.0264. The van der Waals surface area contributed by atoms with Crippen molar-refractivity contribution in [2.45, 2.75) is 71.1 Å². The molecule has 1 spiro atoms. The number of ether oxygens (including phenoxy) is 1. The van der Waals surface area contributed by atoms with Crippen LogP contribution in [0.2, 0.25) is 0 Å². The van der Waals surface area contributed by atoms with Gasteiger partial charge in [-0.1, -0.05) is 6.92 Å². The second-order valence-corrected chi connectivity index (χ2v) is 11.0. The zero-order valence-electron chi connectivity index (χ0n) is 19.7. The van der Waals surface area contributed by atoms with Gasteiger partial charge in [0.05, 0.1) is 53.0 Å². The summed E-state index contributed by atoms with van der Waals surface area (Å²) in [6.07, 6.45) is 8.92.